The van der Waals surface area contributed by atoms with E-state index < -0.39 is 0 Å². The smallest absolute Gasteiger partial charge is 0.337 e. The summed E-state index contributed by atoms with van der Waals surface area (Å²) in [5, 5.41) is 1.31. The van der Waals surface area contributed by atoms with Crippen LogP contribution in [0.25, 0.3) is 10.9 Å². The number of hydrogen-bond donors (Lipinski definition) is 1. The van der Waals surface area contributed by atoms with Gasteiger partial charge in [0.05, 0.1) is 32.1 Å². The highest BCUT2D eigenvalue weighted by Crippen LogP contribution is 2.45. The van der Waals surface area contributed by atoms with Gasteiger partial charge in [0.25, 0.3) is 0 Å². The molecule has 0 bridgehead atoms. The van der Waals surface area contributed by atoms with Crippen LogP contribution in [0.4, 0.5) is 0 Å². The molecular formula is C22H27ClN2O3. The Hall–Kier alpha value is -2.24. The minimum atomic E-state index is -0.324. The fourth-order valence-corrected chi connectivity index (χ4v) is 4.80. The summed E-state index contributed by atoms with van der Waals surface area (Å²) in [4.78, 5) is 18.5. The van der Waals surface area contributed by atoms with E-state index in [0.717, 1.165) is 25.9 Å². The molecule has 2 aliphatic heterocycles. The molecule has 1 saturated heterocycles. The largest absolute Gasteiger partial charge is 0.504 e. The summed E-state index contributed by atoms with van der Waals surface area (Å²) in [5.41, 5.74) is 4.48. The lowest BCUT2D eigenvalue weighted by Crippen LogP contribution is -2.46. The van der Waals surface area contributed by atoms with Crippen LogP contribution < -0.4 is 0 Å². The average Bonchev–Trinajstić information content (AvgIpc) is 3.09. The van der Waals surface area contributed by atoms with E-state index in [4.69, 9.17) is 9.47 Å². The predicted molar refractivity (Wildman–Crippen MR) is 112 cm³/mol. The van der Waals surface area contributed by atoms with Crippen LogP contribution in [0.3, 0.4) is 0 Å². The Morgan fingerprint density at radius 3 is 2.82 bits per heavy atom. The van der Waals surface area contributed by atoms with Crippen LogP contribution in [0, 0.1) is 11.8 Å². The van der Waals surface area contributed by atoms with E-state index in [1.807, 2.05) is 6.08 Å². The number of hydrogen-bond acceptors (Lipinski definition) is 4. The third-order valence-electron chi connectivity index (χ3n) is 6.08. The molecule has 1 aromatic carbocycles. The number of ether oxygens (including phenoxy) is 2. The number of rotatable bonds is 4. The van der Waals surface area contributed by atoms with Gasteiger partial charge >= 0.3 is 5.97 Å². The first-order chi connectivity index (χ1) is 13.2. The third kappa shape index (κ3) is 3.33. The molecular weight excluding hydrogens is 376 g/mol. The summed E-state index contributed by atoms with van der Waals surface area (Å²) in [5.74, 6) is -0.115. The van der Waals surface area contributed by atoms with Crippen molar-refractivity contribution in [3.8, 4) is 0 Å². The number of para-hydroxylation sites is 1. The molecule has 0 aliphatic carbocycles. The summed E-state index contributed by atoms with van der Waals surface area (Å²) in [6, 6.07) is 8.74. The zero-order valence-corrected chi connectivity index (χ0v) is 17.1. The maximum absolute atomic E-state index is 12.4. The molecule has 28 heavy (non-hydrogen) atoms. The van der Waals surface area contributed by atoms with E-state index in [0.29, 0.717) is 5.57 Å². The van der Waals surface area contributed by atoms with Crippen molar-refractivity contribution in [3.05, 3.63) is 60.0 Å². The highest BCUT2D eigenvalue weighted by Gasteiger charge is 2.42. The Kier molecular flexibility index (Phi) is 6.16. The van der Waals surface area contributed by atoms with E-state index >= 15 is 0 Å². The van der Waals surface area contributed by atoms with Crippen molar-refractivity contribution < 1.29 is 14.3 Å². The first-order valence-corrected chi connectivity index (χ1v) is 9.45. The SMILES string of the molecule is C=C[C@H]1CN2CCc3c([nH]c4ccccc34)[C@@H]2C[C@@H]1/C(=C\OC)C(=O)OC.Cl. The first kappa shape index (κ1) is 20.5. The molecule has 0 amide bonds. The van der Waals surface area contributed by atoms with Gasteiger partial charge in [-0.25, -0.2) is 4.79 Å². The van der Waals surface area contributed by atoms with Gasteiger partial charge in [0.1, 0.15) is 0 Å². The molecule has 0 spiro atoms. The standard InChI is InChI=1S/C22H26N2O3.ClH/c1-4-14-12-24-10-9-16-15-7-5-6-8-19(15)23-21(16)20(24)11-17(14)18(13-26-2)22(25)27-3;/h4-8,13-14,17,20,23H,1,9-12H2,2-3H3;1H/b18-13+;/t14-,17-,20-;/m0./s1. The van der Waals surface area contributed by atoms with Gasteiger partial charge in [-0.15, -0.1) is 19.0 Å². The van der Waals surface area contributed by atoms with Gasteiger partial charge in [0.2, 0.25) is 0 Å². The summed E-state index contributed by atoms with van der Waals surface area (Å²) in [7, 11) is 2.98. The van der Waals surface area contributed by atoms with Crippen molar-refractivity contribution in [1.82, 2.24) is 9.88 Å². The van der Waals surface area contributed by atoms with Crippen molar-refractivity contribution >= 4 is 29.3 Å². The second-order valence-corrected chi connectivity index (χ2v) is 7.37. The predicted octanol–water partition coefficient (Wildman–Crippen LogP) is 4.01. The molecule has 150 valence electrons. The van der Waals surface area contributed by atoms with Crippen LogP contribution in [0.15, 0.2) is 48.8 Å². The maximum atomic E-state index is 12.4. The average molecular weight is 403 g/mol. The molecule has 0 unspecified atom stereocenters. The van der Waals surface area contributed by atoms with Crippen molar-refractivity contribution in [2.24, 2.45) is 11.8 Å². The summed E-state index contributed by atoms with van der Waals surface area (Å²) in [6.07, 6.45) is 5.38. The Balaban J connectivity index is 0.00000225. The fraction of sp³-hybridized carbons (Fsp3) is 0.409. The molecule has 0 saturated carbocycles. The van der Waals surface area contributed by atoms with Gasteiger partial charge < -0.3 is 14.5 Å². The number of carbonyl (C=O) groups excluding carboxylic acids is 1. The maximum Gasteiger partial charge on any atom is 0.337 e. The molecule has 0 radical (unpaired) electrons. The minimum absolute atomic E-state index is 0. The number of carbonyl (C=O) groups is 1. The molecule has 4 rings (SSSR count). The van der Waals surface area contributed by atoms with Crippen LogP contribution >= 0.6 is 12.4 Å². The summed E-state index contributed by atoms with van der Waals surface area (Å²) < 4.78 is 10.2. The Morgan fingerprint density at radius 2 is 2.11 bits per heavy atom. The van der Waals surface area contributed by atoms with E-state index in [9.17, 15) is 4.79 Å². The zero-order valence-electron chi connectivity index (χ0n) is 16.3. The molecule has 1 N–H and O–H groups in total. The van der Waals surface area contributed by atoms with Gasteiger partial charge in [-0.2, -0.15) is 0 Å². The summed E-state index contributed by atoms with van der Waals surface area (Å²) in [6.45, 7) is 5.93. The van der Waals surface area contributed by atoms with Crippen molar-refractivity contribution in [2.75, 3.05) is 27.3 Å². The number of methoxy groups -OCH3 is 2. The number of esters is 1. The molecule has 6 heteroatoms. The van der Waals surface area contributed by atoms with Gasteiger partial charge in [-0.1, -0.05) is 24.3 Å². The lowest BCUT2D eigenvalue weighted by atomic mass is 9.75. The van der Waals surface area contributed by atoms with Crippen LogP contribution in [-0.4, -0.2) is 43.2 Å². The lowest BCUT2D eigenvalue weighted by molar-refractivity contribution is -0.137. The zero-order chi connectivity index (χ0) is 19.0. The van der Waals surface area contributed by atoms with Gasteiger partial charge in [0.15, 0.2) is 0 Å². The highest BCUT2D eigenvalue weighted by molar-refractivity contribution is 5.89. The normalized spacial score (nSPS) is 24.6. The number of nitrogens with one attached hydrogen (secondary N) is 1. The fourth-order valence-electron chi connectivity index (χ4n) is 4.80. The molecule has 5 nitrogen and oxygen atoms in total. The van der Waals surface area contributed by atoms with Crippen molar-refractivity contribution in [1.29, 1.82) is 0 Å². The molecule has 1 aromatic heterocycles. The molecule has 1 fully saturated rings. The van der Waals surface area contributed by atoms with Gasteiger partial charge in [-0.05, 0) is 30.4 Å². The molecule has 3 atom stereocenters. The highest BCUT2D eigenvalue weighted by atomic mass is 35.5. The van der Waals surface area contributed by atoms with Gasteiger partial charge in [-0.3, -0.25) is 4.90 Å². The van der Waals surface area contributed by atoms with E-state index in [2.05, 4.69) is 40.7 Å². The molecule has 2 aromatic rings. The number of H-pyrrole nitrogens is 1. The van der Waals surface area contributed by atoms with Crippen LogP contribution in [0.1, 0.15) is 23.7 Å². The Labute approximate surface area is 171 Å². The quantitative estimate of drug-likeness (QED) is 0.363. The van der Waals surface area contributed by atoms with Crippen LogP contribution in [0.5, 0.6) is 0 Å². The van der Waals surface area contributed by atoms with E-state index in [-0.39, 0.29) is 36.3 Å². The van der Waals surface area contributed by atoms with Gasteiger partial charge in [0, 0.05) is 35.6 Å². The molecule has 3 heterocycles. The van der Waals surface area contributed by atoms with Crippen molar-refractivity contribution in [3.63, 3.8) is 0 Å². The number of piperidine rings is 1. The third-order valence-corrected chi connectivity index (χ3v) is 6.08. The number of fused-ring (bicyclic) bond motifs is 5. The number of halogens is 1. The van der Waals surface area contributed by atoms with E-state index in [1.54, 1.807) is 7.11 Å². The monoisotopic (exact) mass is 402 g/mol. The Bertz CT molecular complexity index is 904. The summed E-state index contributed by atoms with van der Waals surface area (Å²) >= 11 is 0. The number of benzene rings is 1. The second-order valence-electron chi connectivity index (χ2n) is 7.37. The van der Waals surface area contributed by atoms with Crippen LogP contribution in [0.2, 0.25) is 0 Å². The van der Waals surface area contributed by atoms with Crippen LogP contribution in [-0.2, 0) is 20.7 Å². The second kappa shape index (κ2) is 8.41. The van der Waals surface area contributed by atoms with E-state index in [1.165, 1.54) is 35.5 Å². The topological polar surface area (TPSA) is 54.6 Å². The Morgan fingerprint density at radius 1 is 1.32 bits per heavy atom. The first-order valence-electron chi connectivity index (χ1n) is 9.45. The molecule has 2 aliphatic rings. The minimum Gasteiger partial charge on any atom is -0.504 e. The number of aromatic amines is 1. The lowest BCUT2D eigenvalue weighted by Gasteiger charge is -2.45. The number of nitrogens with zero attached hydrogens (tertiary/aromatic N) is 1. The number of aromatic nitrogens is 1. The van der Waals surface area contributed by atoms with Crippen molar-refractivity contribution in [2.45, 2.75) is 18.9 Å².